The molecule has 1 amide bonds. The first-order valence-corrected chi connectivity index (χ1v) is 7.00. The molecule has 4 N–H and O–H groups in total. The number of hydrogen-bond acceptors (Lipinski definition) is 4. The highest BCUT2D eigenvalue weighted by atomic mass is 16.3. The number of anilines is 1. The van der Waals surface area contributed by atoms with Gasteiger partial charge in [0, 0.05) is 12.5 Å². The van der Waals surface area contributed by atoms with E-state index < -0.39 is 0 Å². The summed E-state index contributed by atoms with van der Waals surface area (Å²) >= 11 is 0. The molecule has 0 spiro atoms. The fourth-order valence-electron chi connectivity index (χ4n) is 2.16. The number of hydrogen-bond donors (Lipinski definition) is 3. The average Bonchev–Trinajstić information content (AvgIpc) is 2.98. The van der Waals surface area contributed by atoms with Crippen LogP contribution in [0.3, 0.4) is 0 Å². The molecule has 1 atom stereocenters. The first-order valence-electron chi connectivity index (χ1n) is 7.00. The predicted molar refractivity (Wildman–Crippen MR) is 82.9 cm³/mol. The van der Waals surface area contributed by atoms with Crippen LogP contribution in [0.25, 0.3) is 0 Å². The van der Waals surface area contributed by atoms with Crippen LogP contribution in [0.1, 0.15) is 35.0 Å². The van der Waals surface area contributed by atoms with E-state index in [2.05, 4.69) is 10.7 Å². The second-order valence-electron chi connectivity index (χ2n) is 5.19. The monoisotopic (exact) mass is 287 g/mol. The van der Waals surface area contributed by atoms with Gasteiger partial charge in [0.2, 0.25) is 0 Å². The van der Waals surface area contributed by atoms with Crippen molar-refractivity contribution in [3.05, 3.63) is 53.5 Å². The van der Waals surface area contributed by atoms with Gasteiger partial charge in [-0.3, -0.25) is 10.6 Å². The van der Waals surface area contributed by atoms with Gasteiger partial charge >= 0.3 is 0 Å². The van der Waals surface area contributed by atoms with E-state index in [0.717, 1.165) is 24.2 Å². The highest BCUT2D eigenvalue weighted by molar-refractivity contribution is 5.99. The summed E-state index contributed by atoms with van der Waals surface area (Å²) in [5.41, 5.74) is 4.80. The second kappa shape index (κ2) is 6.95. The minimum absolute atomic E-state index is 0.0505. The van der Waals surface area contributed by atoms with E-state index in [9.17, 15) is 4.79 Å². The minimum atomic E-state index is -0.130. The molecule has 0 saturated heterocycles. The van der Waals surface area contributed by atoms with Crippen LogP contribution >= 0.6 is 0 Å². The molecule has 0 bridgehead atoms. The lowest BCUT2D eigenvalue weighted by Gasteiger charge is -2.15. The molecule has 5 heteroatoms. The first-order chi connectivity index (χ1) is 10.1. The summed E-state index contributed by atoms with van der Waals surface area (Å²) in [6, 6.07) is 9.37. The Kier molecular flexibility index (Phi) is 5.00. The molecule has 112 valence electrons. The first kappa shape index (κ1) is 15.1. The van der Waals surface area contributed by atoms with Crippen molar-refractivity contribution in [2.45, 2.75) is 32.7 Å². The largest absolute Gasteiger partial charge is 0.469 e. The Bertz CT molecular complexity index is 594. The lowest BCUT2D eigenvalue weighted by atomic mass is 10.1. The van der Waals surface area contributed by atoms with E-state index in [1.54, 1.807) is 12.3 Å². The summed E-state index contributed by atoms with van der Waals surface area (Å²) in [6.07, 6.45) is 3.27. The zero-order valence-electron chi connectivity index (χ0n) is 12.3. The van der Waals surface area contributed by atoms with Gasteiger partial charge in [0.15, 0.2) is 0 Å². The molecule has 0 aliphatic carbocycles. The van der Waals surface area contributed by atoms with Crippen molar-refractivity contribution in [2.24, 2.45) is 5.84 Å². The van der Waals surface area contributed by atoms with Gasteiger partial charge in [0.25, 0.3) is 5.91 Å². The quantitative estimate of drug-likeness (QED) is 0.563. The number of nitrogen functional groups attached to an aromatic ring is 1. The number of carbonyl (C=O) groups is 1. The third kappa shape index (κ3) is 4.10. The van der Waals surface area contributed by atoms with Crippen LogP contribution in [0.2, 0.25) is 0 Å². The van der Waals surface area contributed by atoms with E-state index in [1.165, 1.54) is 0 Å². The Hall–Kier alpha value is -2.27. The number of rotatable bonds is 6. The summed E-state index contributed by atoms with van der Waals surface area (Å²) in [5, 5.41) is 2.98. The Morgan fingerprint density at radius 3 is 2.86 bits per heavy atom. The van der Waals surface area contributed by atoms with Crippen LogP contribution in [0.15, 0.2) is 41.0 Å². The van der Waals surface area contributed by atoms with Crippen molar-refractivity contribution >= 4 is 11.6 Å². The molecule has 1 heterocycles. The standard InChI is InChI=1S/C16H21N3O2/c1-11-5-8-14(15(10-11)19-17)16(20)18-12(2)6-7-13-4-3-9-21-13/h3-5,8-10,12,19H,6-7,17H2,1-2H3,(H,18,20). The lowest BCUT2D eigenvalue weighted by molar-refractivity contribution is 0.0939. The van der Waals surface area contributed by atoms with Gasteiger partial charge in [0.05, 0.1) is 17.5 Å². The number of hydrazine groups is 1. The molecule has 21 heavy (non-hydrogen) atoms. The molecule has 0 fully saturated rings. The van der Waals surface area contributed by atoms with Crippen molar-refractivity contribution in [3.8, 4) is 0 Å². The highest BCUT2D eigenvalue weighted by Crippen LogP contribution is 2.17. The van der Waals surface area contributed by atoms with Crippen molar-refractivity contribution in [1.82, 2.24) is 5.32 Å². The number of amides is 1. The summed E-state index contributed by atoms with van der Waals surface area (Å²) < 4.78 is 5.28. The van der Waals surface area contributed by atoms with Crippen molar-refractivity contribution in [1.29, 1.82) is 0 Å². The SMILES string of the molecule is Cc1ccc(C(=O)NC(C)CCc2ccco2)c(NN)c1. The maximum absolute atomic E-state index is 12.3. The maximum atomic E-state index is 12.3. The van der Waals surface area contributed by atoms with Gasteiger partial charge in [0.1, 0.15) is 5.76 Å². The summed E-state index contributed by atoms with van der Waals surface area (Å²) in [4.78, 5) is 12.3. The molecule has 0 saturated carbocycles. The molecule has 1 aromatic heterocycles. The number of benzene rings is 1. The fraction of sp³-hybridized carbons (Fsp3) is 0.312. The number of carbonyl (C=O) groups excluding carboxylic acids is 1. The molecule has 2 rings (SSSR count). The fourth-order valence-corrected chi connectivity index (χ4v) is 2.16. The van der Waals surface area contributed by atoms with E-state index in [4.69, 9.17) is 10.3 Å². The maximum Gasteiger partial charge on any atom is 0.253 e. The zero-order valence-corrected chi connectivity index (χ0v) is 12.3. The molecule has 2 aromatic rings. The van der Waals surface area contributed by atoms with E-state index in [-0.39, 0.29) is 11.9 Å². The predicted octanol–water partition coefficient (Wildman–Crippen LogP) is 2.62. The van der Waals surface area contributed by atoms with E-state index in [0.29, 0.717) is 11.3 Å². The molecule has 0 aliphatic heterocycles. The average molecular weight is 287 g/mol. The molecule has 0 radical (unpaired) electrons. The molecule has 5 nitrogen and oxygen atoms in total. The van der Waals surface area contributed by atoms with Gasteiger partial charge in [-0.1, -0.05) is 6.07 Å². The van der Waals surface area contributed by atoms with Gasteiger partial charge < -0.3 is 15.2 Å². The molecular formula is C16H21N3O2. The van der Waals surface area contributed by atoms with Crippen LogP contribution < -0.4 is 16.6 Å². The van der Waals surface area contributed by atoms with E-state index >= 15 is 0 Å². The number of furan rings is 1. The third-order valence-corrected chi connectivity index (χ3v) is 3.36. The molecule has 1 unspecified atom stereocenters. The van der Waals surface area contributed by atoms with Gasteiger partial charge in [-0.2, -0.15) is 0 Å². The smallest absolute Gasteiger partial charge is 0.253 e. The van der Waals surface area contributed by atoms with Gasteiger partial charge in [-0.25, -0.2) is 0 Å². The van der Waals surface area contributed by atoms with E-state index in [1.807, 2.05) is 38.1 Å². The minimum Gasteiger partial charge on any atom is -0.469 e. The number of nitrogens with one attached hydrogen (secondary N) is 2. The third-order valence-electron chi connectivity index (χ3n) is 3.36. The Labute approximate surface area is 124 Å². The van der Waals surface area contributed by atoms with Gasteiger partial charge in [-0.05, 0) is 50.1 Å². The van der Waals surface area contributed by atoms with Crippen LogP contribution in [-0.4, -0.2) is 11.9 Å². The summed E-state index contributed by atoms with van der Waals surface area (Å²) in [7, 11) is 0. The van der Waals surface area contributed by atoms with Crippen LogP contribution in [0.5, 0.6) is 0 Å². The number of aryl methyl sites for hydroxylation is 2. The molecule has 0 aliphatic rings. The Morgan fingerprint density at radius 1 is 1.38 bits per heavy atom. The topological polar surface area (TPSA) is 80.3 Å². The highest BCUT2D eigenvalue weighted by Gasteiger charge is 2.14. The zero-order chi connectivity index (χ0) is 15.2. The molecule has 1 aromatic carbocycles. The Balaban J connectivity index is 1.94. The molecular weight excluding hydrogens is 266 g/mol. The van der Waals surface area contributed by atoms with Crippen LogP contribution in [-0.2, 0) is 6.42 Å². The van der Waals surface area contributed by atoms with Crippen molar-refractivity contribution in [2.75, 3.05) is 5.43 Å². The normalized spacial score (nSPS) is 12.0. The lowest BCUT2D eigenvalue weighted by Crippen LogP contribution is -2.33. The van der Waals surface area contributed by atoms with Crippen LogP contribution in [0.4, 0.5) is 5.69 Å². The second-order valence-corrected chi connectivity index (χ2v) is 5.19. The summed E-state index contributed by atoms with van der Waals surface area (Å²) in [5.74, 6) is 6.27. The van der Waals surface area contributed by atoms with Gasteiger partial charge in [-0.15, -0.1) is 0 Å². The Morgan fingerprint density at radius 2 is 2.19 bits per heavy atom. The van der Waals surface area contributed by atoms with Crippen molar-refractivity contribution in [3.63, 3.8) is 0 Å². The van der Waals surface area contributed by atoms with Crippen molar-refractivity contribution < 1.29 is 9.21 Å². The number of nitrogens with two attached hydrogens (primary N) is 1. The van der Waals surface area contributed by atoms with Crippen LogP contribution in [0, 0.1) is 6.92 Å². The summed E-state index contributed by atoms with van der Waals surface area (Å²) in [6.45, 7) is 3.93.